The number of esters is 1. The number of ether oxygens (including phenoxy) is 1. The number of hydrogen-bond acceptors (Lipinski definition) is 7. The lowest BCUT2D eigenvalue weighted by Crippen LogP contribution is -2.43. The SMILES string of the molecule is Cc1c(F)cc2nc3c(c4c2c1CC[C@@H]4N)CN1C3=CC2=C(COC(=O)[C@H]2O)C1O. The predicted molar refractivity (Wildman–Crippen MR) is 105 cm³/mol. The number of aliphatic hydroxyl groups excluding tert-OH is 2. The maximum absolute atomic E-state index is 14.6. The minimum atomic E-state index is -1.45. The molecule has 1 unspecified atom stereocenters. The van der Waals surface area contributed by atoms with Gasteiger partial charge in [-0.25, -0.2) is 14.2 Å². The van der Waals surface area contributed by atoms with Crippen LogP contribution in [0.25, 0.3) is 16.6 Å². The highest BCUT2D eigenvalue weighted by atomic mass is 19.1. The zero-order chi connectivity index (χ0) is 20.9. The number of nitrogens with two attached hydrogens (primary N) is 1. The minimum absolute atomic E-state index is 0.0701. The first-order valence-electron chi connectivity index (χ1n) is 10.0. The lowest BCUT2D eigenvalue weighted by molar-refractivity contribution is -0.152. The lowest BCUT2D eigenvalue weighted by Gasteiger charge is -2.36. The molecule has 1 aromatic carbocycles. The number of fused-ring (bicyclic) bond motifs is 4. The molecule has 3 aliphatic heterocycles. The van der Waals surface area contributed by atoms with Gasteiger partial charge in [-0.3, -0.25) is 0 Å². The number of hydrogen-bond donors (Lipinski definition) is 3. The van der Waals surface area contributed by atoms with Crippen molar-refractivity contribution in [1.82, 2.24) is 9.88 Å². The summed E-state index contributed by atoms with van der Waals surface area (Å²) >= 11 is 0. The third kappa shape index (κ3) is 2.13. The van der Waals surface area contributed by atoms with E-state index in [1.807, 2.05) is 0 Å². The number of cyclic esters (lactones) is 1. The van der Waals surface area contributed by atoms with Gasteiger partial charge in [-0.1, -0.05) is 0 Å². The molecule has 8 heteroatoms. The van der Waals surface area contributed by atoms with Crippen molar-refractivity contribution in [2.75, 3.05) is 6.61 Å². The predicted octanol–water partition coefficient (Wildman–Crippen LogP) is 1.33. The van der Waals surface area contributed by atoms with Gasteiger partial charge in [-0.05, 0) is 42.5 Å². The van der Waals surface area contributed by atoms with Crippen LogP contribution < -0.4 is 5.73 Å². The third-order valence-corrected chi connectivity index (χ3v) is 6.86. The molecule has 6 rings (SSSR count). The van der Waals surface area contributed by atoms with Gasteiger partial charge in [-0.15, -0.1) is 0 Å². The molecule has 7 nitrogen and oxygen atoms in total. The van der Waals surface area contributed by atoms with Gasteiger partial charge >= 0.3 is 5.97 Å². The summed E-state index contributed by atoms with van der Waals surface area (Å²) in [7, 11) is 0. The molecule has 3 atom stereocenters. The number of aliphatic hydroxyl groups is 2. The van der Waals surface area contributed by atoms with Crippen molar-refractivity contribution in [2.45, 2.75) is 44.7 Å². The summed E-state index contributed by atoms with van der Waals surface area (Å²) in [6, 6.07) is 1.23. The lowest BCUT2D eigenvalue weighted by atomic mass is 9.82. The van der Waals surface area contributed by atoms with Crippen LogP contribution in [0.4, 0.5) is 4.39 Å². The van der Waals surface area contributed by atoms with Crippen LogP contribution in [0.5, 0.6) is 0 Å². The number of aryl methyl sites for hydroxylation is 1. The van der Waals surface area contributed by atoms with Gasteiger partial charge < -0.3 is 25.6 Å². The van der Waals surface area contributed by atoms with Crippen molar-refractivity contribution in [3.05, 3.63) is 57.1 Å². The summed E-state index contributed by atoms with van der Waals surface area (Å²) < 4.78 is 19.6. The summed E-state index contributed by atoms with van der Waals surface area (Å²) in [5.41, 5.74) is 12.5. The molecule has 4 N–H and O–H groups in total. The van der Waals surface area contributed by atoms with E-state index in [1.165, 1.54) is 6.07 Å². The van der Waals surface area contributed by atoms with E-state index in [1.54, 1.807) is 17.9 Å². The normalized spacial score (nSPS) is 27.0. The highest BCUT2D eigenvalue weighted by Crippen LogP contribution is 2.47. The highest BCUT2D eigenvalue weighted by Gasteiger charge is 2.43. The molecule has 0 fully saturated rings. The van der Waals surface area contributed by atoms with Crippen LogP contribution >= 0.6 is 0 Å². The Hall–Kier alpha value is -2.81. The van der Waals surface area contributed by atoms with Crippen LogP contribution in [-0.2, 0) is 22.5 Å². The molecule has 1 aromatic heterocycles. The second kappa shape index (κ2) is 5.87. The second-order valence-electron chi connectivity index (χ2n) is 8.38. The Morgan fingerprint density at radius 2 is 2.13 bits per heavy atom. The van der Waals surface area contributed by atoms with E-state index < -0.39 is 18.3 Å². The average Bonchev–Trinajstić information content (AvgIpc) is 3.09. The summed E-state index contributed by atoms with van der Waals surface area (Å²) in [6.45, 7) is 2.11. The van der Waals surface area contributed by atoms with Crippen molar-refractivity contribution >= 4 is 22.6 Å². The largest absolute Gasteiger partial charge is 0.459 e. The molecule has 30 heavy (non-hydrogen) atoms. The number of nitrogens with zero attached hydrogens (tertiary/aromatic N) is 2. The molecule has 0 amide bonds. The van der Waals surface area contributed by atoms with Crippen LogP contribution in [0.1, 0.15) is 40.4 Å². The van der Waals surface area contributed by atoms with Crippen LogP contribution in [-0.4, -0.2) is 45.0 Å². The molecular weight excluding hydrogens is 389 g/mol. The van der Waals surface area contributed by atoms with E-state index >= 15 is 0 Å². The quantitative estimate of drug-likeness (QED) is 0.563. The van der Waals surface area contributed by atoms with Gasteiger partial charge in [-0.2, -0.15) is 0 Å². The second-order valence-corrected chi connectivity index (χ2v) is 8.38. The van der Waals surface area contributed by atoms with Gasteiger partial charge in [0.05, 0.1) is 16.9 Å². The maximum Gasteiger partial charge on any atom is 0.339 e. The number of halogens is 1. The summed E-state index contributed by atoms with van der Waals surface area (Å²) in [6.07, 6.45) is 0.593. The Morgan fingerprint density at radius 3 is 2.93 bits per heavy atom. The van der Waals surface area contributed by atoms with Crippen molar-refractivity contribution in [2.24, 2.45) is 5.73 Å². The molecule has 0 saturated carbocycles. The van der Waals surface area contributed by atoms with Gasteiger partial charge in [0.1, 0.15) is 12.4 Å². The number of benzene rings is 1. The molecule has 4 heterocycles. The molecule has 1 aliphatic carbocycles. The van der Waals surface area contributed by atoms with Gasteiger partial charge in [0.15, 0.2) is 12.3 Å². The van der Waals surface area contributed by atoms with Gasteiger partial charge in [0.2, 0.25) is 0 Å². The molecule has 0 radical (unpaired) electrons. The number of carbonyl (C=O) groups is 1. The standard InChI is InChI=1S/C22H20FN3O4/c1-8-9-2-3-14(24)17-11-6-26-16(19(11)25-15(18(9)17)5-13(8)23)4-10-12(21(26)28)7-30-22(29)20(10)27/h4-5,14,20-21,27-28H,2-3,6-7,24H2,1H3/t14-,20-,21?/m0/s1. The zero-order valence-corrected chi connectivity index (χ0v) is 16.3. The van der Waals surface area contributed by atoms with Crippen LogP contribution in [0.3, 0.4) is 0 Å². The van der Waals surface area contributed by atoms with Crippen molar-refractivity contribution in [1.29, 1.82) is 0 Å². The van der Waals surface area contributed by atoms with E-state index in [9.17, 15) is 19.4 Å². The fraction of sp³-hybridized carbons (Fsp3) is 0.364. The number of aromatic nitrogens is 1. The Morgan fingerprint density at radius 1 is 1.33 bits per heavy atom. The smallest absolute Gasteiger partial charge is 0.339 e. The molecule has 0 spiro atoms. The van der Waals surface area contributed by atoms with Crippen LogP contribution in [0, 0.1) is 12.7 Å². The fourth-order valence-electron chi connectivity index (χ4n) is 5.28. The van der Waals surface area contributed by atoms with Gasteiger partial charge in [0.25, 0.3) is 0 Å². The fourth-order valence-corrected chi connectivity index (χ4v) is 5.28. The molecule has 2 aromatic rings. The highest BCUT2D eigenvalue weighted by molar-refractivity contribution is 5.93. The number of carbonyl (C=O) groups excluding carboxylic acids is 1. The third-order valence-electron chi connectivity index (χ3n) is 6.86. The van der Waals surface area contributed by atoms with E-state index in [4.69, 9.17) is 15.5 Å². The molecular formula is C22H20FN3O4. The molecule has 0 saturated heterocycles. The summed E-state index contributed by atoms with van der Waals surface area (Å²) in [5, 5.41) is 22.2. The van der Waals surface area contributed by atoms with E-state index in [-0.39, 0.29) is 18.5 Å². The first-order valence-corrected chi connectivity index (χ1v) is 10.0. The van der Waals surface area contributed by atoms with Crippen molar-refractivity contribution < 1.29 is 24.1 Å². The van der Waals surface area contributed by atoms with E-state index in [0.717, 1.165) is 22.1 Å². The Labute approximate surface area is 171 Å². The van der Waals surface area contributed by atoms with E-state index in [2.05, 4.69) is 0 Å². The van der Waals surface area contributed by atoms with Gasteiger partial charge in [0, 0.05) is 40.7 Å². The van der Waals surface area contributed by atoms with Crippen LogP contribution in [0.15, 0.2) is 23.3 Å². The number of pyridine rings is 1. The molecule has 0 bridgehead atoms. The Balaban J connectivity index is 1.63. The minimum Gasteiger partial charge on any atom is -0.459 e. The van der Waals surface area contributed by atoms with Crippen molar-refractivity contribution in [3.8, 4) is 0 Å². The topological polar surface area (TPSA) is 109 Å². The van der Waals surface area contributed by atoms with Crippen LogP contribution in [0.2, 0.25) is 0 Å². The summed E-state index contributed by atoms with van der Waals surface area (Å²) in [5.74, 6) is -1.04. The molecule has 154 valence electrons. The Bertz CT molecular complexity index is 1240. The number of rotatable bonds is 0. The first kappa shape index (κ1) is 18.0. The Kier molecular flexibility index (Phi) is 3.52. The molecule has 4 aliphatic rings. The zero-order valence-electron chi connectivity index (χ0n) is 16.3. The van der Waals surface area contributed by atoms with Crippen molar-refractivity contribution in [3.63, 3.8) is 0 Å². The summed E-state index contributed by atoms with van der Waals surface area (Å²) in [4.78, 5) is 18.3. The monoisotopic (exact) mass is 409 g/mol. The maximum atomic E-state index is 14.6. The van der Waals surface area contributed by atoms with E-state index in [0.29, 0.717) is 53.0 Å². The average molecular weight is 409 g/mol. The first-order chi connectivity index (χ1) is 14.4.